The summed E-state index contributed by atoms with van der Waals surface area (Å²) < 4.78 is 10.9. The Balaban J connectivity index is 1.31. The lowest BCUT2D eigenvalue weighted by atomic mass is 9.83. The fourth-order valence-corrected chi connectivity index (χ4v) is 5.13. The van der Waals surface area contributed by atoms with Crippen molar-refractivity contribution in [3.05, 3.63) is 47.5 Å². The molecule has 0 radical (unpaired) electrons. The molecular formula is C22H22N2O3. The Labute approximate surface area is 158 Å². The number of hydrogen-bond acceptors (Lipinski definition) is 4. The summed E-state index contributed by atoms with van der Waals surface area (Å²) in [6, 6.07) is 12.6. The van der Waals surface area contributed by atoms with Crippen LogP contribution in [0.4, 0.5) is 0 Å². The van der Waals surface area contributed by atoms with Crippen LogP contribution in [-0.4, -0.2) is 48.2 Å². The van der Waals surface area contributed by atoms with Crippen LogP contribution in [0.2, 0.25) is 0 Å². The topological polar surface area (TPSA) is 42.0 Å². The van der Waals surface area contributed by atoms with E-state index in [2.05, 4.69) is 28.0 Å². The van der Waals surface area contributed by atoms with Crippen molar-refractivity contribution in [2.75, 3.05) is 26.4 Å². The lowest BCUT2D eigenvalue weighted by Gasteiger charge is -2.48. The van der Waals surface area contributed by atoms with Gasteiger partial charge in [-0.05, 0) is 66.7 Å². The first kappa shape index (κ1) is 15.5. The average Bonchev–Trinajstić information content (AvgIpc) is 3.32. The third kappa shape index (κ3) is 2.38. The van der Waals surface area contributed by atoms with Gasteiger partial charge in [-0.25, -0.2) is 0 Å². The van der Waals surface area contributed by atoms with Crippen molar-refractivity contribution in [1.29, 1.82) is 0 Å². The second kappa shape index (κ2) is 5.73. The van der Waals surface area contributed by atoms with E-state index in [4.69, 9.17) is 9.47 Å². The number of carbonyl (C=O) groups excluding carboxylic acids is 1. The van der Waals surface area contributed by atoms with Gasteiger partial charge in [0.15, 0.2) is 11.5 Å². The molecule has 138 valence electrons. The maximum Gasteiger partial charge on any atom is 0.254 e. The quantitative estimate of drug-likeness (QED) is 0.823. The van der Waals surface area contributed by atoms with Crippen LogP contribution in [-0.2, 0) is 6.54 Å². The van der Waals surface area contributed by atoms with Crippen molar-refractivity contribution in [2.45, 2.75) is 25.4 Å². The summed E-state index contributed by atoms with van der Waals surface area (Å²) >= 11 is 0. The molecule has 5 heteroatoms. The minimum Gasteiger partial charge on any atom is -0.454 e. The molecule has 0 unspecified atom stereocenters. The molecule has 5 aliphatic rings. The molecule has 0 spiro atoms. The van der Waals surface area contributed by atoms with Gasteiger partial charge >= 0.3 is 0 Å². The van der Waals surface area contributed by atoms with Crippen LogP contribution in [0.5, 0.6) is 11.5 Å². The molecule has 3 saturated heterocycles. The van der Waals surface area contributed by atoms with Gasteiger partial charge < -0.3 is 19.3 Å². The smallest absolute Gasteiger partial charge is 0.254 e. The molecule has 2 aromatic carbocycles. The van der Waals surface area contributed by atoms with E-state index in [1.54, 1.807) is 0 Å². The van der Waals surface area contributed by atoms with E-state index in [9.17, 15) is 4.79 Å². The first-order valence-corrected chi connectivity index (χ1v) is 9.82. The predicted octanol–water partition coefficient (Wildman–Crippen LogP) is 3.13. The highest BCUT2D eigenvalue weighted by molar-refractivity contribution is 5.99. The first-order valence-electron chi connectivity index (χ1n) is 9.82. The summed E-state index contributed by atoms with van der Waals surface area (Å²) in [5, 5.41) is 0. The molecule has 27 heavy (non-hydrogen) atoms. The maximum absolute atomic E-state index is 13.2. The highest BCUT2D eigenvalue weighted by Gasteiger charge is 2.42. The van der Waals surface area contributed by atoms with Crippen molar-refractivity contribution < 1.29 is 14.3 Å². The molecule has 0 aliphatic carbocycles. The van der Waals surface area contributed by atoms with Crippen LogP contribution in [0.3, 0.4) is 0 Å². The molecule has 5 heterocycles. The van der Waals surface area contributed by atoms with Gasteiger partial charge in [-0.2, -0.15) is 0 Å². The van der Waals surface area contributed by atoms with E-state index in [0.29, 0.717) is 12.0 Å². The zero-order valence-electron chi connectivity index (χ0n) is 15.2. The van der Waals surface area contributed by atoms with Crippen molar-refractivity contribution >= 4 is 5.91 Å². The Bertz CT molecular complexity index is 933. The highest BCUT2D eigenvalue weighted by Crippen LogP contribution is 2.39. The summed E-state index contributed by atoms with van der Waals surface area (Å²) in [6.07, 6.45) is 2.46. The monoisotopic (exact) mass is 362 g/mol. The molecule has 0 aromatic heterocycles. The first-order chi connectivity index (χ1) is 13.3. The van der Waals surface area contributed by atoms with Gasteiger partial charge in [0.05, 0.1) is 0 Å². The Morgan fingerprint density at radius 1 is 0.926 bits per heavy atom. The number of rotatable bonds is 2. The molecule has 2 bridgehead atoms. The van der Waals surface area contributed by atoms with E-state index >= 15 is 0 Å². The Morgan fingerprint density at radius 3 is 2.52 bits per heavy atom. The van der Waals surface area contributed by atoms with Crippen LogP contribution >= 0.6 is 0 Å². The number of benzene rings is 2. The fourth-order valence-electron chi connectivity index (χ4n) is 5.13. The van der Waals surface area contributed by atoms with E-state index < -0.39 is 0 Å². The molecule has 5 nitrogen and oxygen atoms in total. The van der Waals surface area contributed by atoms with Crippen LogP contribution in [0.15, 0.2) is 36.4 Å². The molecular weight excluding hydrogens is 340 g/mol. The van der Waals surface area contributed by atoms with E-state index in [0.717, 1.165) is 46.8 Å². The largest absolute Gasteiger partial charge is 0.454 e. The highest BCUT2D eigenvalue weighted by atomic mass is 16.7. The summed E-state index contributed by atoms with van der Waals surface area (Å²) in [5.41, 5.74) is 4.12. The standard InChI is InChI=1S/C22H22N2O3/c25-22-18-9-15(16-3-4-20-21(10-16)27-13-26-20)1-2-17(18)11-24(22)19-12-23-7-5-14(19)6-8-23/h1-4,9-10,14,19H,5-8,11-13H2/t19-/m0/s1. The van der Waals surface area contributed by atoms with Crippen molar-refractivity contribution in [3.8, 4) is 22.6 Å². The Kier molecular flexibility index (Phi) is 3.29. The number of fused-ring (bicyclic) bond motifs is 5. The zero-order chi connectivity index (χ0) is 18.0. The van der Waals surface area contributed by atoms with Gasteiger partial charge in [0.25, 0.3) is 5.91 Å². The van der Waals surface area contributed by atoms with Crippen LogP contribution in [0, 0.1) is 5.92 Å². The number of ether oxygens (including phenoxy) is 2. The van der Waals surface area contributed by atoms with Gasteiger partial charge in [0.2, 0.25) is 6.79 Å². The average molecular weight is 362 g/mol. The van der Waals surface area contributed by atoms with Crippen molar-refractivity contribution in [3.63, 3.8) is 0 Å². The summed E-state index contributed by atoms with van der Waals surface area (Å²) in [5.74, 6) is 2.42. The predicted molar refractivity (Wildman–Crippen MR) is 101 cm³/mol. The number of amides is 1. The van der Waals surface area contributed by atoms with Gasteiger partial charge in [0, 0.05) is 24.7 Å². The molecule has 0 saturated carbocycles. The summed E-state index contributed by atoms with van der Waals surface area (Å²) in [4.78, 5) is 17.8. The summed E-state index contributed by atoms with van der Waals surface area (Å²) in [7, 11) is 0. The number of carbonyl (C=O) groups is 1. The number of hydrogen-bond donors (Lipinski definition) is 0. The molecule has 1 amide bonds. The van der Waals surface area contributed by atoms with Gasteiger partial charge in [-0.1, -0.05) is 18.2 Å². The van der Waals surface area contributed by atoms with Gasteiger partial charge in [-0.3, -0.25) is 4.79 Å². The zero-order valence-corrected chi connectivity index (χ0v) is 15.2. The minimum absolute atomic E-state index is 0.200. The lowest BCUT2D eigenvalue weighted by Crippen LogP contribution is -2.57. The van der Waals surface area contributed by atoms with E-state index in [-0.39, 0.29) is 12.7 Å². The molecule has 0 N–H and O–H groups in total. The molecule has 3 fully saturated rings. The maximum atomic E-state index is 13.2. The third-order valence-corrected chi connectivity index (χ3v) is 6.67. The van der Waals surface area contributed by atoms with Gasteiger partial charge in [0.1, 0.15) is 0 Å². The summed E-state index contributed by atoms with van der Waals surface area (Å²) in [6.45, 7) is 4.47. The molecule has 1 atom stereocenters. The van der Waals surface area contributed by atoms with E-state index in [1.165, 1.54) is 25.9 Å². The van der Waals surface area contributed by atoms with Crippen LogP contribution in [0.1, 0.15) is 28.8 Å². The Morgan fingerprint density at radius 2 is 1.70 bits per heavy atom. The normalized spacial score (nSPS) is 27.9. The lowest BCUT2D eigenvalue weighted by molar-refractivity contribution is 0.00846. The SMILES string of the molecule is O=C1c2cc(-c3ccc4c(c3)OCO4)ccc2CN1[C@H]1CN2CCC1CC2. The molecule has 5 aliphatic heterocycles. The van der Waals surface area contributed by atoms with Crippen molar-refractivity contribution in [1.82, 2.24) is 9.80 Å². The molecule has 2 aromatic rings. The third-order valence-electron chi connectivity index (χ3n) is 6.67. The minimum atomic E-state index is 0.200. The van der Waals surface area contributed by atoms with E-state index in [1.807, 2.05) is 18.2 Å². The van der Waals surface area contributed by atoms with Gasteiger partial charge in [-0.15, -0.1) is 0 Å². The number of nitrogens with zero attached hydrogens (tertiary/aromatic N) is 2. The fraction of sp³-hybridized carbons (Fsp3) is 0.409. The van der Waals surface area contributed by atoms with Crippen molar-refractivity contribution in [2.24, 2.45) is 5.92 Å². The van der Waals surface area contributed by atoms with Crippen LogP contribution < -0.4 is 9.47 Å². The Hall–Kier alpha value is -2.53. The number of piperidine rings is 3. The molecule has 7 rings (SSSR count). The second-order valence-corrected chi connectivity index (χ2v) is 8.08. The van der Waals surface area contributed by atoms with Crippen LogP contribution in [0.25, 0.3) is 11.1 Å². The second-order valence-electron chi connectivity index (χ2n) is 8.08.